The van der Waals surface area contributed by atoms with Gasteiger partial charge in [0.2, 0.25) is 0 Å². The average Bonchev–Trinajstić information content (AvgIpc) is 4.02. The molecule has 4 aliphatic carbocycles. The third-order valence-corrected chi connectivity index (χ3v) is 18.4. The van der Waals surface area contributed by atoms with Crippen molar-refractivity contribution in [1.82, 2.24) is 30.4 Å². The van der Waals surface area contributed by atoms with Crippen LogP contribution in [0.5, 0.6) is 0 Å². The Morgan fingerprint density at radius 3 is 1.69 bits per heavy atom. The third-order valence-electron chi connectivity index (χ3n) is 18.4. The van der Waals surface area contributed by atoms with Crippen molar-refractivity contribution in [1.29, 1.82) is 0 Å². The van der Waals surface area contributed by atoms with Gasteiger partial charge in [-0.15, -0.1) is 0 Å². The molecular weight excluding hydrogens is 1030 g/mol. The topological polar surface area (TPSA) is 170 Å². The first-order valence-corrected chi connectivity index (χ1v) is 29.3. The van der Waals surface area contributed by atoms with Gasteiger partial charge < -0.3 is 18.9 Å². The highest BCUT2D eigenvalue weighted by Crippen LogP contribution is 2.47. The smallest absolute Gasteiger partial charge is 0.180 e. The maximum Gasteiger partial charge on any atom is 0.180 e. The number of ether oxygens (including phenoxy) is 4. The molecule has 0 bridgehead atoms. The number of hydrogen-bond acceptors (Lipinski definition) is 12. The highest BCUT2D eigenvalue weighted by molar-refractivity contribution is 5.80. The number of nitrogens with zero attached hydrogens (tertiary/aromatic N) is 8. The summed E-state index contributed by atoms with van der Waals surface area (Å²) in [6.07, 6.45) is 18.3. The first-order valence-electron chi connectivity index (χ1n) is 29.3. The first kappa shape index (κ1) is 53.8. The molecule has 83 heavy (non-hydrogen) atoms. The Balaban J connectivity index is 0.000000104. The monoisotopic (exact) mass is 1100 g/mol. The standard InChI is InChI=1S/C19H19NO.C18H19N3O.C17H19N3O.C15H15N3O/c1-14-20-19(13-21-14)10-9-17-11-16(7-8-18(17)12-19)15-5-3-2-4-6-15;1-12-15-4-3-5-16(14-8-19-11-20-9-14)17(15)6-7-18(12)10-22-13(2)21-18;1-10-16(11(2)20-19-10)14-6-4-5-13-7-17(8-15(13)14)9-21-12(3)18-17;1-10-18-15(9-19-10)5-11-3-2-4-13(14(11)6-15)12-7-16-17-8-12/h2-8,11H,9-10,12-13H2,1H3;3-5,8-9,11-12H,6-7,10H2,1-2H3;4-6H,7-9H2,1-3H3,(H,19,20);2-4,7-8H,5-6,9H2,1H3,(H,16,17). The molecule has 0 saturated carbocycles. The van der Waals surface area contributed by atoms with E-state index in [1.807, 2.05) is 52.5 Å². The van der Waals surface area contributed by atoms with Crippen LogP contribution in [-0.4, -0.2) is 103 Å². The molecule has 0 amide bonds. The summed E-state index contributed by atoms with van der Waals surface area (Å²) in [5.41, 5.74) is 23.2. The molecule has 0 fully saturated rings. The van der Waals surface area contributed by atoms with Crippen molar-refractivity contribution in [3.63, 3.8) is 0 Å². The van der Waals surface area contributed by atoms with Crippen LogP contribution in [0.2, 0.25) is 0 Å². The molecule has 0 saturated heterocycles. The molecule has 3 aromatic heterocycles. The second-order valence-electron chi connectivity index (χ2n) is 24.1. The minimum absolute atomic E-state index is 0.00530. The summed E-state index contributed by atoms with van der Waals surface area (Å²) in [5, 5.41) is 14.4. The lowest BCUT2D eigenvalue weighted by Crippen LogP contribution is -2.39. The van der Waals surface area contributed by atoms with Gasteiger partial charge in [0.05, 0.1) is 11.9 Å². The number of aryl methyl sites for hydroxylation is 3. The molecular formula is C69H72N10O4. The van der Waals surface area contributed by atoms with Crippen LogP contribution >= 0.6 is 0 Å². The summed E-state index contributed by atoms with van der Waals surface area (Å²) in [6, 6.07) is 37.0. The van der Waals surface area contributed by atoms with Gasteiger partial charge in [-0.25, -0.2) is 29.9 Å². The molecule has 5 aromatic carbocycles. The highest BCUT2D eigenvalue weighted by Gasteiger charge is 2.46. The van der Waals surface area contributed by atoms with E-state index in [-0.39, 0.29) is 22.2 Å². The number of H-pyrrole nitrogens is 2. The average molecular weight is 1110 g/mol. The van der Waals surface area contributed by atoms with E-state index in [0.29, 0.717) is 25.7 Å². The van der Waals surface area contributed by atoms with Crippen LogP contribution in [0, 0.1) is 13.8 Å². The van der Waals surface area contributed by atoms with E-state index < -0.39 is 0 Å². The van der Waals surface area contributed by atoms with E-state index >= 15 is 0 Å². The van der Waals surface area contributed by atoms with Crippen LogP contribution in [-0.2, 0) is 63.9 Å². The number of rotatable bonds is 4. The molecule has 422 valence electrons. The van der Waals surface area contributed by atoms with E-state index in [4.69, 9.17) is 38.9 Å². The largest absolute Gasteiger partial charge is 0.479 e. The molecule has 2 N–H and O–H groups in total. The first-order chi connectivity index (χ1) is 40.3. The Kier molecular flexibility index (Phi) is 14.0. The van der Waals surface area contributed by atoms with Crippen molar-refractivity contribution in [3.8, 4) is 44.5 Å². The van der Waals surface area contributed by atoms with Gasteiger partial charge in [-0.2, -0.15) is 10.2 Å². The van der Waals surface area contributed by atoms with Crippen LogP contribution in [0.3, 0.4) is 0 Å². The molecule has 0 radical (unpaired) electrons. The van der Waals surface area contributed by atoms with E-state index in [9.17, 15) is 0 Å². The third kappa shape index (κ3) is 10.5. The van der Waals surface area contributed by atoms with Gasteiger partial charge in [0, 0.05) is 107 Å². The predicted molar refractivity (Wildman–Crippen MR) is 328 cm³/mol. The Morgan fingerprint density at radius 2 is 1.08 bits per heavy atom. The quantitative estimate of drug-likeness (QED) is 0.175. The molecule has 8 aromatic rings. The number of nitrogens with one attached hydrogen (secondary N) is 2. The molecule has 5 atom stereocenters. The summed E-state index contributed by atoms with van der Waals surface area (Å²) in [7, 11) is 0. The van der Waals surface area contributed by atoms with Crippen molar-refractivity contribution in [3.05, 3.63) is 190 Å². The number of aliphatic imine (C=N–C) groups is 4. The van der Waals surface area contributed by atoms with E-state index in [1.165, 1.54) is 77.9 Å². The number of hydrogen-bond donors (Lipinski definition) is 2. The van der Waals surface area contributed by atoms with Crippen LogP contribution < -0.4 is 0 Å². The number of fused-ring (bicyclic) bond motifs is 4. The lowest BCUT2D eigenvalue weighted by molar-refractivity contribution is 0.212. The summed E-state index contributed by atoms with van der Waals surface area (Å²) in [4.78, 5) is 27.4. The predicted octanol–water partition coefficient (Wildman–Crippen LogP) is 12.8. The van der Waals surface area contributed by atoms with Gasteiger partial charge >= 0.3 is 0 Å². The highest BCUT2D eigenvalue weighted by atomic mass is 16.5. The maximum atomic E-state index is 5.68. The van der Waals surface area contributed by atoms with Crippen LogP contribution in [0.4, 0.5) is 0 Å². The van der Waals surface area contributed by atoms with Crippen LogP contribution in [0.25, 0.3) is 44.5 Å². The SMILES string of the molecule is CC1=NC2(CCc3c(-c4cncnc4)cccc3C2C)CO1.CC1=NC2(CCc3cc(-c4ccccc4)ccc3C2)CO1.CC1=NC2(CO1)Cc1cccc(-c3c(C)n[nH]c3C)c1C2.CC1=NC2(CO1)Cc1cccc(-c3cn[nH]c3)c1C2. The van der Waals surface area contributed by atoms with Gasteiger partial charge in [0.25, 0.3) is 0 Å². The molecule has 5 unspecified atom stereocenters. The van der Waals surface area contributed by atoms with Crippen molar-refractivity contribution < 1.29 is 18.9 Å². The van der Waals surface area contributed by atoms with E-state index in [0.717, 1.165) is 111 Å². The summed E-state index contributed by atoms with van der Waals surface area (Å²) < 4.78 is 22.5. The molecule has 4 spiro atoms. The molecule has 7 heterocycles. The summed E-state index contributed by atoms with van der Waals surface area (Å²) in [5.74, 6) is 3.67. The van der Waals surface area contributed by atoms with Gasteiger partial charge in [-0.05, 0) is 112 Å². The Hall–Kier alpha value is -8.52. The normalized spacial score (nSPS) is 24.4. The molecule has 14 nitrogen and oxygen atoms in total. The van der Waals surface area contributed by atoms with Crippen molar-refractivity contribution in [2.24, 2.45) is 20.0 Å². The van der Waals surface area contributed by atoms with E-state index in [1.54, 1.807) is 6.33 Å². The number of aromatic amines is 2. The van der Waals surface area contributed by atoms with Crippen molar-refractivity contribution >= 4 is 23.6 Å². The van der Waals surface area contributed by atoms with Gasteiger partial charge in [0.1, 0.15) is 54.9 Å². The summed E-state index contributed by atoms with van der Waals surface area (Å²) in [6.45, 7) is 17.1. The van der Waals surface area contributed by atoms with Crippen molar-refractivity contribution in [2.45, 2.75) is 134 Å². The second kappa shape index (κ2) is 21.7. The molecule has 16 rings (SSSR count). The van der Waals surface area contributed by atoms with Gasteiger partial charge in [0.15, 0.2) is 23.6 Å². The number of benzene rings is 5. The Bertz CT molecular complexity index is 3850. The molecule has 4 aliphatic heterocycles. The maximum absolute atomic E-state index is 5.68. The summed E-state index contributed by atoms with van der Waals surface area (Å²) >= 11 is 0. The number of aromatic nitrogens is 6. The minimum atomic E-state index is -0.0805. The van der Waals surface area contributed by atoms with Crippen LogP contribution in [0.15, 0.2) is 154 Å². The zero-order valence-corrected chi connectivity index (χ0v) is 48.7. The zero-order chi connectivity index (χ0) is 56.9. The lowest BCUT2D eigenvalue weighted by atomic mass is 9.70. The minimum Gasteiger partial charge on any atom is -0.479 e. The fraction of sp³-hybridized carbons (Fsp3) is 0.362. The second-order valence-corrected chi connectivity index (χ2v) is 24.1. The Labute approximate surface area is 486 Å². The van der Waals surface area contributed by atoms with Gasteiger partial charge in [-0.1, -0.05) is 110 Å². The molecule has 8 aliphatic rings. The van der Waals surface area contributed by atoms with E-state index in [2.05, 4.69) is 154 Å². The molecule has 14 heteroatoms. The zero-order valence-electron chi connectivity index (χ0n) is 48.7. The lowest BCUT2D eigenvalue weighted by Gasteiger charge is -2.37. The van der Waals surface area contributed by atoms with Crippen LogP contribution in [0.1, 0.15) is 109 Å². The van der Waals surface area contributed by atoms with Crippen molar-refractivity contribution in [2.75, 3.05) is 26.4 Å². The fourth-order valence-electron chi connectivity index (χ4n) is 14.3. The fourth-order valence-corrected chi connectivity index (χ4v) is 14.3. The van der Waals surface area contributed by atoms with Gasteiger partial charge in [-0.3, -0.25) is 10.2 Å². The Morgan fingerprint density at radius 1 is 0.482 bits per heavy atom.